The van der Waals surface area contributed by atoms with Crippen LogP contribution in [0.3, 0.4) is 0 Å². The number of hydrogen-bond acceptors (Lipinski definition) is 4. The summed E-state index contributed by atoms with van der Waals surface area (Å²) in [6.45, 7) is 6.41. The topological polar surface area (TPSA) is 62.6 Å². The first-order valence-corrected chi connectivity index (χ1v) is 7.55. The Morgan fingerprint density at radius 1 is 1.39 bits per heavy atom. The van der Waals surface area contributed by atoms with Gasteiger partial charge in [0.15, 0.2) is 0 Å². The summed E-state index contributed by atoms with van der Waals surface area (Å²) >= 11 is 0. The largest absolute Gasteiger partial charge is 0.468 e. The van der Waals surface area contributed by atoms with Crippen molar-refractivity contribution >= 4 is 10.0 Å². The smallest absolute Gasteiger partial charge is 0.218 e. The van der Waals surface area contributed by atoms with Crippen molar-refractivity contribution in [3.8, 4) is 0 Å². The van der Waals surface area contributed by atoms with E-state index in [1.165, 1.54) is 4.31 Å². The molecule has 1 aromatic rings. The Kier molecular flexibility index (Phi) is 5.37. The lowest BCUT2D eigenvalue weighted by Gasteiger charge is -2.22. The second-order valence-electron chi connectivity index (χ2n) is 4.75. The molecule has 0 radical (unpaired) electrons. The molecule has 0 aliphatic carbocycles. The Morgan fingerprint density at radius 2 is 2.06 bits per heavy atom. The van der Waals surface area contributed by atoms with Gasteiger partial charge in [0.2, 0.25) is 10.0 Å². The Balaban J connectivity index is 2.61. The fraction of sp³-hybridized carbons (Fsp3) is 0.667. The van der Waals surface area contributed by atoms with E-state index in [0.717, 1.165) is 0 Å². The van der Waals surface area contributed by atoms with Gasteiger partial charge in [0, 0.05) is 19.6 Å². The van der Waals surface area contributed by atoms with Crippen molar-refractivity contribution in [1.82, 2.24) is 9.62 Å². The molecule has 18 heavy (non-hydrogen) atoms. The molecule has 1 unspecified atom stereocenters. The number of furan rings is 1. The zero-order chi connectivity index (χ0) is 13.8. The molecule has 1 rings (SSSR count). The standard InChI is InChI=1S/C12H22N2O3S/c1-10(2)13-8-11(3)18(15,16)14(4)9-12-6-5-7-17-12/h5-7,10-11,13H,8-9H2,1-4H3. The van der Waals surface area contributed by atoms with Crippen LogP contribution < -0.4 is 5.32 Å². The summed E-state index contributed by atoms with van der Waals surface area (Å²) in [7, 11) is -1.73. The van der Waals surface area contributed by atoms with Gasteiger partial charge in [-0.1, -0.05) is 13.8 Å². The molecule has 5 nitrogen and oxygen atoms in total. The van der Waals surface area contributed by atoms with Gasteiger partial charge in [-0.2, -0.15) is 4.31 Å². The molecule has 1 N–H and O–H groups in total. The van der Waals surface area contributed by atoms with E-state index in [2.05, 4.69) is 5.32 Å². The third-order valence-corrected chi connectivity index (χ3v) is 4.90. The van der Waals surface area contributed by atoms with Crippen LogP contribution in [0.2, 0.25) is 0 Å². The van der Waals surface area contributed by atoms with E-state index in [1.54, 1.807) is 32.4 Å². The van der Waals surface area contributed by atoms with E-state index in [4.69, 9.17) is 4.42 Å². The third-order valence-electron chi connectivity index (χ3n) is 2.72. The van der Waals surface area contributed by atoms with E-state index in [9.17, 15) is 8.42 Å². The van der Waals surface area contributed by atoms with Crippen LogP contribution in [0.4, 0.5) is 0 Å². The summed E-state index contributed by atoms with van der Waals surface area (Å²) in [4.78, 5) is 0. The van der Waals surface area contributed by atoms with E-state index < -0.39 is 15.3 Å². The number of nitrogens with one attached hydrogen (secondary N) is 1. The van der Waals surface area contributed by atoms with Gasteiger partial charge in [-0.15, -0.1) is 0 Å². The maximum absolute atomic E-state index is 12.2. The van der Waals surface area contributed by atoms with Crippen molar-refractivity contribution < 1.29 is 12.8 Å². The third kappa shape index (κ3) is 4.12. The Morgan fingerprint density at radius 3 is 2.56 bits per heavy atom. The zero-order valence-electron chi connectivity index (χ0n) is 11.4. The van der Waals surface area contributed by atoms with Gasteiger partial charge >= 0.3 is 0 Å². The molecule has 6 heteroatoms. The number of sulfonamides is 1. The average molecular weight is 274 g/mol. The first-order chi connectivity index (χ1) is 8.34. The van der Waals surface area contributed by atoms with Gasteiger partial charge in [-0.3, -0.25) is 0 Å². The van der Waals surface area contributed by atoms with Crippen LogP contribution in [0.1, 0.15) is 26.5 Å². The predicted octanol–water partition coefficient (Wildman–Crippen LogP) is 1.43. The predicted molar refractivity (Wildman–Crippen MR) is 71.7 cm³/mol. The van der Waals surface area contributed by atoms with Crippen LogP contribution in [0, 0.1) is 0 Å². The molecule has 0 saturated carbocycles. The van der Waals surface area contributed by atoms with Crippen molar-refractivity contribution in [2.75, 3.05) is 13.6 Å². The minimum absolute atomic E-state index is 0.265. The average Bonchev–Trinajstić information content (AvgIpc) is 2.78. The van der Waals surface area contributed by atoms with Crippen LogP contribution in [0.5, 0.6) is 0 Å². The lowest BCUT2D eigenvalue weighted by Crippen LogP contribution is -2.41. The highest BCUT2D eigenvalue weighted by molar-refractivity contribution is 7.89. The van der Waals surface area contributed by atoms with Crippen molar-refractivity contribution in [2.45, 2.75) is 38.6 Å². The molecule has 0 bridgehead atoms. The quantitative estimate of drug-likeness (QED) is 0.817. The number of rotatable bonds is 7. The van der Waals surface area contributed by atoms with Crippen LogP contribution in [0.25, 0.3) is 0 Å². The molecule has 0 aliphatic heterocycles. The molecule has 1 atom stereocenters. The number of nitrogens with zero attached hydrogens (tertiary/aromatic N) is 1. The van der Waals surface area contributed by atoms with Crippen molar-refractivity contribution in [1.29, 1.82) is 0 Å². The van der Waals surface area contributed by atoms with Crippen LogP contribution in [-0.2, 0) is 16.6 Å². The molecule has 0 aromatic carbocycles. The summed E-state index contributed by atoms with van der Waals surface area (Å²) in [6.07, 6.45) is 1.54. The van der Waals surface area contributed by atoms with E-state index in [0.29, 0.717) is 12.3 Å². The maximum Gasteiger partial charge on any atom is 0.218 e. The highest BCUT2D eigenvalue weighted by Crippen LogP contribution is 2.11. The van der Waals surface area contributed by atoms with Crippen molar-refractivity contribution in [3.63, 3.8) is 0 Å². The van der Waals surface area contributed by atoms with E-state index in [1.807, 2.05) is 13.8 Å². The first kappa shape index (κ1) is 15.2. The van der Waals surface area contributed by atoms with Gasteiger partial charge in [0.25, 0.3) is 0 Å². The highest BCUT2D eigenvalue weighted by Gasteiger charge is 2.26. The molecule has 104 valence electrons. The van der Waals surface area contributed by atoms with E-state index in [-0.39, 0.29) is 12.6 Å². The SMILES string of the molecule is CC(C)NCC(C)S(=O)(=O)N(C)Cc1ccco1. The lowest BCUT2D eigenvalue weighted by molar-refractivity contribution is 0.400. The second-order valence-corrected chi connectivity index (χ2v) is 7.21. The summed E-state index contributed by atoms with van der Waals surface area (Å²) in [5, 5.41) is 2.68. The van der Waals surface area contributed by atoms with Crippen LogP contribution in [-0.4, -0.2) is 37.6 Å². The lowest BCUT2D eigenvalue weighted by atomic mass is 10.3. The Labute approximate surface area is 109 Å². The molecule has 0 aliphatic rings. The molecule has 1 heterocycles. The Bertz CT molecular complexity index is 440. The number of hydrogen-bond donors (Lipinski definition) is 1. The fourth-order valence-corrected chi connectivity index (χ4v) is 2.75. The monoisotopic (exact) mass is 274 g/mol. The van der Waals surface area contributed by atoms with Crippen molar-refractivity contribution in [3.05, 3.63) is 24.2 Å². The molecule has 0 fully saturated rings. The summed E-state index contributed by atoms with van der Waals surface area (Å²) < 4.78 is 30.9. The fourth-order valence-electron chi connectivity index (χ4n) is 1.53. The molecule has 0 spiro atoms. The minimum atomic E-state index is -3.30. The zero-order valence-corrected chi connectivity index (χ0v) is 12.2. The highest BCUT2D eigenvalue weighted by atomic mass is 32.2. The van der Waals surface area contributed by atoms with Gasteiger partial charge in [0.05, 0.1) is 18.1 Å². The molecular formula is C12H22N2O3S. The van der Waals surface area contributed by atoms with Crippen molar-refractivity contribution in [2.24, 2.45) is 0 Å². The van der Waals surface area contributed by atoms with Crippen LogP contribution in [0.15, 0.2) is 22.8 Å². The summed E-state index contributed by atoms with van der Waals surface area (Å²) in [5.41, 5.74) is 0. The molecule has 0 amide bonds. The molecule has 1 aromatic heterocycles. The van der Waals surface area contributed by atoms with Gasteiger partial charge in [-0.05, 0) is 19.1 Å². The minimum Gasteiger partial charge on any atom is -0.468 e. The van der Waals surface area contributed by atoms with E-state index >= 15 is 0 Å². The first-order valence-electron chi connectivity index (χ1n) is 6.05. The normalized spacial score (nSPS) is 14.3. The van der Waals surface area contributed by atoms with Gasteiger partial charge in [-0.25, -0.2) is 8.42 Å². The molecular weight excluding hydrogens is 252 g/mol. The summed E-state index contributed by atoms with van der Waals surface area (Å²) in [5.74, 6) is 0.644. The molecule has 0 saturated heterocycles. The van der Waals surface area contributed by atoms with Gasteiger partial charge in [0.1, 0.15) is 5.76 Å². The van der Waals surface area contributed by atoms with Crippen LogP contribution >= 0.6 is 0 Å². The Hall–Kier alpha value is -0.850. The van der Waals surface area contributed by atoms with Gasteiger partial charge < -0.3 is 9.73 Å². The second kappa shape index (κ2) is 6.36. The maximum atomic E-state index is 12.2. The summed E-state index contributed by atoms with van der Waals surface area (Å²) in [6, 6.07) is 3.79.